The van der Waals surface area contributed by atoms with Crippen LogP contribution in [0.3, 0.4) is 0 Å². The largest absolute Gasteiger partial charge is 0.402 e. The number of aryl methyl sites for hydroxylation is 1. The molecule has 1 fully saturated rings. The summed E-state index contributed by atoms with van der Waals surface area (Å²) in [5.74, 6) is 0.207. The Kier molecular flexibility index (Phi) is 2.55. The summed E-state index contributed by atoms with van der Waals surface area (Å²) in [6, 6.07) is 1.78. The Morgan fingerprint density at radius 3 is 2.94 bits per heavy atom. The number of ether oxygens (including phenoxy) is 1. The second-order valence-electron chi connectivity index (χ2n) is 4.30. The Morgan fingerprint density at radius 2 is 2.28 bits per heavy atom. The summed E-state index contributed by atoms with van der Waals surface area (Å²) in [5, 5.41) is 11.3. The second-order valence-corrected chi connectivity index (χ2v) is 4.30. The summed E-state index contributed by atoms with van der Waals surface area (Å²) in [5.41, 5.74) is 2.26. The topological polar surface area (TPSA) is 78.1 Å². The van der Waals surface area contributed by atoms with E-state index in [-0.39, 0.29) is 11.4 Å². The molecule has 0 aromatic carbocycles. The van der Waals surface area contributed by atoms with Gasteiger partial charge in [0.05, 0.1) is 11.9 Å². The van der Waals surface area contributed by atoms with Crippen molar-refractivity contribution in [2.24, 2.45) is 0 Å². The summed E-state index contributed by atoms with van der Waals surface area (Å²) in [4.78, 5) is 11.7. The van der Waals surface area contributed by atoms with Gasteiger partial charge in [-0.25, -0.2) is 4.79 Å². The van der Waals surface area contributed by atoms with Crippen LogP contribution in [-0.4, -0.2) is 21.3 Å². The Morgan fingerprint density at radius 1 is 1.44 bits per heavy atom. The van der Waals surface area contributed by atoms with Crippen LogP contribution >= 0.6 is 0 Å². The first kappa shape index (κ1) is 10.9. The predicted octanol–water partition coefficient (Wildman–Crippen LogP) is 1.87. The minimum Gasteiger partial charge on any atom is -0.402 e. The molecule has 0 bridgehead atoms. The SMILES string of the molecule is Cc1nnc(OC(=O)c2cnoc2)cc1C1CC1. The molecule has 1 aliphatic carbocycles. The van der Waals surface area contributed by atoms with Crippen molar-refractivity contribution in [3.05, 3.63) is 35.3 Å². The third kappa shape index (κ3) is 2.09. The van der Waals surface area contributed by atoms with Crippen molar-refractivity contribution in [1.82, 2.24) is 15.4 Å². The van der Waals surface area contributed by atoms with E-state index in [1.54, 1.807) is 6.07 Å². The van der Waals surface area contributed by atoms with Crippen molar-refractivity contribution in [1.29, 1.82) is 0 Å². The van der Waals surface area contributed by atoms with E-state index in [2.05, 4.69) is 19.9 Å². The second kappa shape index (κ2) is 4.21. The van der Waals surface area contributed by atoms with Gasteiger partial charge in [-0.15, -0.1) is 5.10 Å². The molecule has 0 spiro atoms. The molecule has 6 nitrogen and oxygen atoms in total. The number of carbonyl (C=O) groups excluding carboxylic acids is 1. The summed E-state index contributed by atoms with van der Waals surface area (Å²) < 4.78 is 9.70. The molecule has 0 unspecified atom stereocenters. The molecular formula is C12H11N3O3. The zero-order chi connectivity index (χ0) is 12.5. The Balaban J connectivity index is 1.80. The molecule has 0 aliphatic heterocycles. The Bertz CT molecular complexity index is 576. The van der Waals surface area contributed by atoms with Crippen molar-refractivity contribution in [2.45, 2.75) is 25.7 Å². The van der Waals surface area contributed by atoms with Gasteiger partial charge in [0, 0.05) is 6.07 Å². The van der Waals surface area contributed by atoms with Crippen LogP contribution in [0.2, 0.25) is 0 Å². The molecule has 3 rings (SSSR count). The lowest BCUT2D eigenvalue weighted by molar-refractivity contribution is 0.0725. The normalized spacial score (nSPS) is 14.5. The fraction of sp³-hybridized carbons (Fsp3) is 0.333. The Hall–Kier alpha value is -2.24. The molecule has 0 atom stereocenters. The number of rotatable bonds is 3. The van der Waals surface area contributed by atoms with Gasteiger partial charge in [-0.05, 0) is 31.2 Å². The maximum atomic E-state index is 11.7. The molecule has 2 aromatic rings. The first-order valence-corrected chi connectivity index (χ1v) is 5.70. The highest BCUT2D eigenvalue weighted by atomic mass is 16.5. The molecule has 1 saturated carbocycles. The lowest BCUT2D eigenvalue weighted by Gasteiger charge is -2.05. The van der Waals surface area contributed by atoms with E-state index in [0.717, 1.165) is 24.1 Å². The van der Waals surface area contributed by atoms with Gasteiger partial charge in [0.15, 0.2) is 0 Å². The fourth-order valence-corrected chi connectivity index (χ4v) is 1.77. The third-order valence-corrected chi connectivity index (χ3v) is 2.88. The van der Waals surface area contributed by atoms with Crippen molar-refractivity contribution in [3.63, 3.8) is 0 Å². The molecule has 0 amide bonds. The van der Waals surface area contributed by atoms with E-state index < -0.39 is 5.97 Å². The summed E-state index contributed by atoms with van der Waals surface area (Å²) in [6.45, 7) is 1.91. The number of carbonyl (C=O) groups is 1. The van der Waals surface area contributed by atoms with Gasteiger partial charge in [-0.1, -0.05) is 5.16 Å². The number of nitrogens with zero attached hydrogens (tertiary/aromatic N) is 3. The van der Waals surface area contributed by atoms with E-state index in [0.29, 0.717) is 5.92 Å². The lowest BCUT2D eigenvalue weighted by atomic mass is 10.1. The Labute approximate surface area is 103 Å². The van der Waals surface area contributed by atoms with Gasteiger partial charge in [0.1, 0.15) is 11.8 Å². The quantitative estimate of drug-likeness (QED) is 0.768. The van der Waals surface area contributed by atoms with Crippen LogP contribution in [0.25, 0.3) is 0 Å². The number of hydrogen-bond donors (Lipinski definition) is 0. The monoisotopic (exact) mass is 245 g/mol. The van der Waals surface area contributed by atoms with Crippen LogP contribution in [0.4, 0.5) is 0 Å². The average Bonchev–Trinajstić information content (AvgIpc) is 3.05. The highest BCUT2D eigenvalue weighted by Gasteiger charge is 2.27. The zero-order valence-electron chi connectivity index (χ0n) is 9.79. The molecule has 0 N–H and O–H groups in total. The molecule has 0 radical (unpaired) electrons. The first-order chi connectivity index (χ1) is 8.74. The van der Waals surface area contributed by atoms with Crippen molar-refractivity contribution >= 4 is 5.97 Å². The molecule has 2 heterocycles. The lowest BCUT2D eigenvalue weighted by Crippen LogP contribution is -2.09. The van der Waals surface area contributed by atoms with Gasteiger partial charge in [-0.2, -0.15) is 5.10 Å². The molecule has 92 valence electrons. The van der Waals surface area contributed by atoms with E-state index in [4.69, 9.17) is 4.74 Å². The average molecular weight is 245 g/mol. The van der Waals surface area contributed by atoms with Gasteiger partial charge < -0.3 is 9.26 Å². The van der Waals surface area contributed by atoms with Crippen LogP contribution in [-0.2, 0) is 0 Å². The van der Waals surface area contributed by atoms with E-state index in [1.165, 1.54) is 12.5 Å². The zero-order valence-corrected chi connectivity index (χ0v) is 9.79. The summed E-state index contributed by atoms with van der Waals surface area (Å²) in [6.07, 6.45) is 4.84. The maximum absolute atomic E-state index is 11.7. The number of hydrogen-bond acceptors (Lipinski definition) is 6. The summed E-state index contributed by atoms with van der Waals surface area (Å²) >= 11 is 0. The highest BCUT2D eigenvalue weighted by molar-refractivity contribution is 5.90. The molecule has 0 saturated heterocycles. The van der Waals surface area contributed by atoms with Crippen molar-refractivity contribution in [3.8, 4) is 5.88 Å². The molecule has 6 heteroatoms. The van der Waals surface area contributed by atoms with Crippen LogP contribution in [0, 0.1) is 6.92 Å². The first-order valence-electron chi connectivity index (χ1n) is 5.70. The van der Waals surface area contributed by atoms with Gasteiger partial charge in [0.25, 0.3) is 0 Å². The van der Waals surface area contributed by atoms with Gasteiger partial charge >= 0.3 is 5.97 Å². The van der Waals surface area contributed by atoms with Crippen LogP contribution < -0.4 is 4.74 Å². The summed E-state index contributed by atoms with van der Waals surface area (Å²) in [7, 11) is 0. The standard InChI is InChI=1S/C12H11N3O3/c1-7-10(8-2-3-8)4-11(15-14-7)18-12(16)9-5-13-17-6-9/h4-6,8H,2-3H2,1H3. The van der Waals surface area contributed by atoms with E-state index in [1.807, 2.05) is 6.92 Å². The minimum absolute atomic E-state index is 0.216. The third-order valence-electron chi connectivity index (χ3n) is 2.88. The molecule has 18 heavy (non-hydrogen) atoms. The van der Waals surface area contributed by atoms with Gasteiger partial charge in [-0.3, -0.25) is 0 Å². The van der Waals surface area contributed by atoms with E-state index >= 15 is 0 Å². The molecule has 1 aliphatic rings. The van der Waals surface area contributed by atoms with Gasteiger partial charge in [0.2, 0.25) is 5.88 Å². The van der Waals surface area contributed by atoms with Crippen LogP contribution in [0.15, 0.2) is 23.0 Å². The number of esters is 1. The molecule has 2 aromatic heterocycles. The van der Waals surface area contributed by atoms with Crippen LogP contribution in [0.5, 0.6) is 5.88 Å². The van der Waals surface area contributed by atoms with Crippen molar-refractivity contribution in [2.75, 3.05) is 0 Å². The van der Waals surface area contributed by atoms with Crippen molar-refractivity contribution < 1.29 is 14.1 Å². The van der Waals surface area contributed by atoms with Crippen LogP contribution in [0.1, 0.15) is 40.4 Å². The maximum Gasteiger partial charge on any atom is 0.349 e. The fourth-order valence-electron chi connectivity index (χ4n) is 1.77. The molecular weight excluding hydrogens is 234 g/mol. The van der Waals surface area contributed by atoms with E-state index in [9.17, 15) is 4.79 Å². The smallest absolute Gasteiger partial charge is 0.349 e. The highest BCUT2D eigenvalue weighted by Crippen LogP contribution is 2.41. The minimum atomic E-state index is -0.545. The number of aromatic nitrogens is 3. The predicted molar refractivity (Wildman–Crippen MR) is 60.2 cm³/mol.